The molecule has 0 bridgehead atoms. The summed E-state index contributed by atoms with van der Waals surface area (Å²) in [6.07, 6.45) is 61.0. The van der Waals surface area contributed by atoms with Crippen LogP contribution in [0.4, 0.5) is 0 Å². The van der Waals surface area contributed by atoms with Crippen LogP contribution < -0.4 is 5.32 Å². The zero-order valence-corrected chi connectivity index (χ0v) is 44.3. The minimum Gasteiger partial charge on any atom is -0.394 e. The first-order valence-corrected chi connectivity index (χ1v) is 28.7. The predicted molar refractivity (Wildman–Crippen MR) is 290 cm³/mol. The van der Waals surface area contributed by atoms with Crippen molar-refractivity contribution in [3.05, 3.63) is 72.9 Å². The number of hydrogen-bond donors (Lipinski definition) is 6. The number of unbranched alkanes of at least 4 members (excludes halogenated alkanes) is 28. The molecule has 1 saturated heterocycles. The van der Waals surface area contributed by atoms with Crippen molar-refractivity contribution >= 4 is 5.91 Å². The minimum atomic E-state index is -1.57. The fraction of sp³-hybridized carbons (Fsp3) is 0.783. The Labute approximate surface area is 423 Å². The normalized spacial score (nSPS) is 20.0. The highest BCUT2D eigenvalue weighted by Gasteiger charge is 2.44. The molecule has 0 aliphatic carbocycles. The molecule has 0 aromatic heterocycles. The number of aliphatic hydroxyl groups excluding tert-OH is 5. The lowest BCUT2D eigenvalue weighted by molar-refractivity contribution is -0.302. The van der Waals surface area contributed by atoms with Gasteiger partial charge in [-0.25, -0.2) is 0 Å². The molecule has 0 radical (unpaired) electrons. The molecule has 0 spiro atoms. The lowest BCUT2D eigenvalue weighted by Gasteiger charge is -2.40. The molecule has 9 nitrogen and oxygen atoms in total. The van der Waals surface area contributed by atoms with Crippen LogP contribution in [-0.4, -0.2) is 87.5 Å². The third-order valence-corrected chi connectivity index (χ3v) is 13.3. The first kappa shape index (κ1) is 64.6. The van der Waals surface area contributed by atoms with Gasteiger partial charge >= 0.3 is 0 Å². The van der Waals surface area contributed by atoms with E-state index in [2.05, 4.69) is 79.9 Å². The van der Waals surface area contributed by atoms with Gasteiger partial charge in [0.25, 0.3) is 0 Å². The Morgan fingerprint density at radius 3 is 1.33 bits per heavy atom. The molecule has 0 saturated carbocycles. The molecule has 6 N–H and O–H groups in total. The fourth-order valence-electron chi connectivity index (χ4n) is 8.77. The van der Waals surface area contributed by atoms with Crippen LogP contribution >= 0.6 is 0 Å². The van der Waals surface area contributed by atoms with Crippen molar-refractivity contribution in [2.75, 3.05) is 13.2 Å². The van der Waals surface area contributed by atoms with Crippen LogP contribution in [0.25, 0.3) is 0 Å². The lowest BCUT2D eigenvalue weighted by atomic mass is 9.99. The molecule has 7 atom stereocenters. The minimum absolute atomic E-state index is 0.184. The molecule has 1 aliphatic heterocycles. The van der Waals surface area contributed by atoms with E-state index in [-0.39, 0.29) is 12.5 Å². The van der Waals surface area contributed by atoms with Crippen molar-refractivity contribution in [2.24, 2.45) is 0 Å². The van der Waals surface area contributed by atoms with E-state index in [1.807, 2.05) is 6.08 Å². The van der Waals surface area contributed by atoms with Crippen molar-refractivity contribution in [1.82, 2.24) is 5.32 Å². The van der Waals surface area contributed by atoms with Crippen LogP contribution in [0.15, 0.2) is 72.9 Å². The van der Waals surface area contributed by atoms with E-state index in [1.54, 1.807) is 6.08 Å². The summed E-state index contributed by atoms with van der Waals surface area (Å²) in [6.45, 7) is 3.68. The second-order valence-corrected chi connectivity index (χ2v) is 19.7. The molecule has 1 aliphatic rings. The SMILES string of the molecule is CC/C=C\C/C=C\C/C=C\C/C=C\C/C=C\CCCCCCCCCCCC(=O)NC(COC1OC(CO)C(O)C(O)C1O)C(O)/C=C/CCCCCCCCCCCCCCCCCCCCC. The number of aliphatic hydroxyl groups is 5. The Bertz CT molecular complexity index is 1310. The maximum absolute atomic E-state index is 13.1. The summed E-state index contributed by atoms with van der Waals surface area (Å²) < 4.78 is 11.3. The smallest absolute Gasteiger partial charge is 0.220 e. The summed E-state index contributed by atoms with van der Waals surface area (Å²) in [5.74, 6) is -0.184. The molecule has 7 unspecified atom stereocenters. The molecule has 1 amide bonds. The summed E-state index contributed by atoms with van der Waals surface area (Å²) in [7, 11) is 0. The van der Waals surface area contributed by atoms with Gasteiger partial charge < -0.3 is 40.3 Å². The second-order valence-electron chi connectivity index (χ2n) is 19.7. The van der Waals surface area contributed by atoms with E-state index >= 15 is 0 Å². The quantitative estimate of drug-likeness (QED) is 0.0261. The highest BCUT2D eigenvalue weighted by atomic mass is 16.7. The Morgan fingerprint density at radius 1 is 0.507 bits per heavy atom. The topological polar surface area (TPSA) is 149 Å². The molecule has 0 aromatic carbocycles. The van der Waals surface area contributed by atoms with Crippen LogP contribution in [0.5, 0.6) is 0 Å². The largest absolute Gasteiger partial charge is 0.394 e. The van der Waals surface area contributed by atoms with Crippen molar-refractivity contribution in [3.63, 3.8) is 0 Å². The predicted octanol–water partition coefficient (Wildman–Crippen LogP) is 14.1. The van der Waals surface area contributed by atoms with E-state index in [1.165, 1.54) is 141 Å². The van der Waals surface area contributed by atoms with Crippen molar-refractivity contribution in [3.8, 4) is 0 Å². The van der Waals surface area contributed by atoms with Crippen LogP contribution in [0.2, 0.25) is 0 Å². The zero-order valence-electron chi connectivity index (χ0n) is 44.3. The average molecular weight is 971 g/mol. The molecule has 1 heterocycles. The Morgan fingerprint density at radius 2 is 0.899 bits per heavy atom. The molecule has 0 aromatic rings. The van der Waals surface area contributed by atoms with Crippen molar-refractivity contribution < 1.29 is 39.8 Å². The molecule has 1 rings (SSSR count). The van der Waals surface area contributed by atoms with Gasteiger partial charge in [-0.1, -0.05) is 247 Å². The van der Waals surface area contributed by atoms with Crippen LogP contribution in [-0.2, 0) is 14.3 Å². The van der Waals surface area contributed by atoms with Gasteiger partial charge in [0.2, 0.25) is 5.91 Å². The highest BCUT2D eigenvalue weighted by Crippen LogP contribution is 2.23. The maximum Gasteiger partial charge on any atom is 0.220 e. The van der Waals surface area contributed by atoms with Crippen LogP contribution in [0, 0.1) is 0 Å². The number of hydrogen-bond acceptors (Lipinski definition) is 8. The molecule has 1 fully saturated rings. The first-order chi connectivity index (χ1) is 33.8. The van der Waals surface area contributed by atoms with Gasteiger partial charge in [-0.15, -0.1) is 0 Å². The maximum atomic E-state index is 13.1. The van der Waals surface area contributed by atoms with E-state index in [0.29, 0.717) is 6.42 Å². The number of carbonyl (C=O) groups excluding carboxylic acids is 1. The van der Waals surface area contributed by atoms with E-state index in [0.717, 1.165) is 83.5 Å². The fourth-order valence-corrected chi connectivity index (χ4v) is 8.77. The Balaban J connectivity index is 2.25. The van der Waals surface area contributed by atoms with Crippen LogP contribution in [0.3, 0.4) is 0 Å². The van der Waals surface area contributed by atoms with Crippen molar-refractivity contribution in [1.29, 1.82) is 0 Å². The van der Waals surface area contributed by atoms with E-state index in [9.17, 15) is 30.3 Å². The third kappa shape index (κ3) is 38.9. The Hall–Kier alpha value is -2.37. The number of allylic oxidation sites excluding steroid dienone is 11. The molecule has 400 valence electrons. The molecule has 9 heteroatoms. The van der Waals surface area contributed by atoms with Crippen LogP contribution in [0.1, 0.15) is 245 Å². The average Bonchev–Trinajstić information content (AvgIpc) is 3.35. The van der Waals surface area contributed by atoms with Gasteiger partial charge in [-0.05, 0) is 64.2 Å². The summed E-state index contributed by atoms with van der Waals surface area (Å²) in [4.78, 5) is 13.1. The number of rotatable bonds is 48. The number of ether oxygens (including phenoxy) is 2. The number of nitrogens with one attached hydrogen (secondary N) is 1. The lowest BCUT2D eigenvalue weighted by Crippen LogP contribution is -2.60. The van der Waals surface area contributed by atoms with Gasteiger partial charge in [0.1, 0.15) is 24.4 Å². The standard InChI is InChI=1S/C60H107NO8/c1-3-5-7-9-11-13-15-17-19-21-23-25-26-27-28-30-32-34-36-38-40-42-44-46-48-50-56(64)61-53(52-68-60-59(67)58(66)57(65)55(51-62)69-60)54(63)49-47-45-43-41-39-37-35-33-31-29-24-22-20-18-16-14-12-10-8-6-4-2/h5,7,11,13,17,19,23,25,27-28,47,49,53-55,57-60,62-63,65-67H,3-4,6,8-10,12,14-16,18,20-22,24,26,29-46,48,50-52H2,1-2H3,(H,61,64)/b7-5-,13-11-,19-17-,25-23-,28-27-,49-47+. The molecular weight excluding hydrogens is 863 g/mol. The monoisotopic (exact) mass is 970 g/mol. The summed E-state index contributed by atoms with van der Waals surface area (Å²) in [5, 5.41) is 54.5. The molecular formula is C60H107NO8. The van der Waals surface area contributed by atoms with E-state index < -0.39 is 49.5 Å². The third-order valence-electron chi connectivity index (χ3n) is 13.3. The van der Waals surface area contributed by atoms with Gasteiger partial charge in [-0.2, -0.15) is 0 Å². The van der Waals surface area contributed by atoms with E-state index in [4.69, 9.17) is 9.47 Å². The second kappa shape index (κ2) is 49.2. The summed E-state index contributed by atoms with van der Waals surface area (Å²) in [5.41, 5.74) is 0. The summed E-state index contributed by atoms with van der Waals surface area (Å²) >= 11 is 0. The van der Waals surface area contributed by atoms with Gasteiger partial charge in [0.05, 0.1) is 25.4 Å². The van der Waals surface area contributed by atoms with Crippen molar-refractivity contribution in [2.45, 2.75) is 288 Å². The zero-order chi connectivity index (χ0) is 50.1. The molecule has 69 heavy (non-hydrogen) atoms. The van der Waals surface area contributed by atoms with Gasteiger partial charge in [-0.3, -0.25) is 4.79 Å². The number of carbonyl (C=O) groups is 1. The Kier molecular flexibility index (Phi) is 46.1. The van der Waals surface area contributed by atoms with Gasteiger partial charge in [0, 0.05) is 6.42 Å². The van der Waals surface area contributed by atoms with Gasteiger partial charge in [0.15, 0.2) is 6.29 Å². The summed E-state index contributed by atoms with van der Waals surface area (Å²) in [6, 6.07) is -0.813. The number of amides is 1. The highest BCUT2D eigenvalue weighted by molar-refractivity contribution is 5.76. The first-order valence-electron chi connectivity index (χ1n) is 28.7.